The molecule has 0 bridgehead atoms. The normalized spacial score (nSPS) is 12.1. The van der Waals surface area contributed by atoms with E-state index in [1.807, 2.05) is 42.5 Å². The zero-order valence-corrected chi connectivity index (χ0v) is 12.2. The summed E-state index contributed by atoms with van der Waals surface area (Å²) in [6.07, 6.45) is 1.57. The molecule has 1 N–H and O–H groups in total. The largest absolute Gasteiger partial charge is 0.377 e. The quantitative estimate of drug-likeness (QED) is 0.801. The summed E-state index contributed by atoms with van der Waals surface area (Å²) in [6.45, 7) is 2.09. The van der Waals surface area contributed by atoms with E-state index in [0.29, 0.717) is 5.02 Å². The van der Waals surface area contributed by atoms with Crippen LogP contribution in [0.5, 0.6) is 0 Å². The number of benzene rings is 2. The molecule has 1 atom stereocenters. The summed E-state index contributed by atoms with van der Waals surface area (Å²) < 4.78 is 1.63. The van der Waals surface area contributed by atoms with Crippen LogP contribution in [0.2, 0.25) is 5.02 Å². The second-order valence-corrected chi connectivity index (χ2v) is 5.10. The highest BCUT2D eigenvalue weighted by molar-refractivity contribution is 6.33. The lowest BCUT2D eigenvalue weighted by Gasteiger charge is -2.17. The highest BCUT2D eigenvalue weighted by Gasteiger charge is 2.09. The summed E-state index contributed by atoms with van der Waals surface area (Å²) in [6, 6.07) is 15.9. The fraction of sp³-hybridized carbons (Fsp3) is 0.133. The number of nitrogens with zero attached hydrogens (tertiary/aromatic N) is 4. The van der Waals surface area contributed by atoms with Gasteiger partial charge in [-0.2, -0.15) is 0 Å². The SMILES string of the molecule is CC(Nc1ccccc1Cl)c1cccc(-n2cnnn2)c1. The number of tetrazole rings is 1. The maximum Gasteiger partial charge on any atom is 0.143 e. The number of anilines is 1. The van der Waals surface area contributed by atoms with Crippen LogP contribution in [0.1, 0.15) is 18.5 Å². The van der Waals surface area contributed by atoms with Crippen molar-refractivity contribution in [2.45, 2.75) is 13.0 Å². The van der Waals surface area contributed by atoms with E-state index in [4.69, 9.17) is 11.6 Å². The van der Waals surface area contributed by atoms with Crippen molar-refractivity contribution in [3.8, 4) is 5.69 Å². The van der Waals surface area contributed by atoms with E-state index >= 15 is 0 Å². The average molecular weight is 300 g/mol. The van der Waals surface area contributed by atoms with Gasteiger partial charge in [-0.05, 0) is 47.2 Å². The molecule has 0 saturated heterocycles. The molecule has 0 aliphatic heterocycles. The third-order valence-electron chi connectivity index (χ3n) is 3.23. The summed E-state index contributed by atoms with van der Waals surface area (Å²) in [5.41, 5.74) is 2.97. The van der Waals surface area contributed by atoms with Gasteiger partial charge in [0.05, 0.1) is 16.4 Å². The predicted octanol–water partition coefficient (Wildman–Crippen LogP) is 3.49. The molecule has 21 heavy (non-hydrogen) atoms. The number of rotatable bonds is 4. The van der Waals surface area contributed by atoms with Crippen LogP contribution in [0, 0.1) is 0 Å². The number of aromatic nitrogens is 4. The Labute approximate surface area is 127 Å². The van der Waals surface area contributed by atoms with Crippen LogP contribution in [-0.2, 0) is 0 Å². The Morgan fingerprint density at radius 1 is 1.14 bits per heavy atom. The summed E-state index contributed by atoms with van der Waals surface area (Å²) in [4.78, 5) is 0. The lowest BCUT2D eigenvalue weighted by molar-refractivity contribution is 0.785. The van der Waals surface area contributed by atoms with Crippen LogP contribution in [0.15, 0.2) is 54.9 Å². The van der Waals surface area contributed by atoms with E-state index in [0.717, 1.165) is 16.9 Å². The third kappa shape index (κ3) is 3.03. The molecular weight excluding hydrogens is 286 g/mol. The van der Waals surface area contributed by atoms with Gasteiger partial charge in [-0.1, -0.05) is 35.9 Å². The third-order valence-corrected chi connectivity index (χ3v) is 3.56. The summed E-state index contributed by atoms with van der Waals surface area (Å²) in [7, 11) is 0. The molecule has 3 rings (SSSR count). The van der Waals surface area contributed by atoms with Crippen molar-refractivity contribution in [2.24, 2.45) is 0 Å². The topological polar surface area (TPSA) is 55.6 Å². The Kier molecular flexibility index (Phi) is 3.83. The molecule has 0 fully saturated rings. The van der Waals surface area contributed by atoms with E-state index < -0.39 is 0 Å². The molecule has 0 amide bonds. The standard InChI is InChI=1S/C15H14ClN5/c1-11(18-15-8-3-2-7-14(15)16)12-5-4-6-13(9-12)21-10-17-19-20-21/h2-11,18H,1H3. The van der Waals surface area contributed by atoms with Crippen LogP contribution in [0.4, 0.5) is 5.69 Å². The maximum atomic E-state index is 6.18. The number of nitrogens with one attached hydrogen (secondary N) is 1. The molecule has 0 aliphatic rings. The van der Waals surface area contributed by atoms with Gasteiger partial charge < -0.3 is 5.32 Å². The minimum absolute atomic E-state index is 0.112. The summed E-state index contributed by atoms with van der Waals surface area (Å²) in [5.74, 6) is 0. The van der Waals surface area contributed by atoms with Crippen LogP contribution >= 0.6 is 11.6 Å². The van der Waals surface area contributed by atoms with Gasteiger partial charge in [0.2, 0.25) is 0 Å². The zero-order chi connectivity index (χ0) is 14.7. The summed E-state index contributed by atoms with van der Waals surface area (Å²) in [5, 5.41) is 15.3. The molecule has 1 aromatic heterocycles. The molecule has 5 nitrogen and oxygen atoms in total. The van der Waals surface area contributed by atoms with Crippen molar-refractivity contribution >= 4 is 17.3 Å². The Morgan fingerprint density at radius 2 is 2.00 bits per heavy atom. The summed E-state index contributed by atoms with van der Waals surface area (Å²) >= 11 is 6.18. The van der Waals surface area contributed by atoms with Gasteiger partial charge in [-0.25, -0.2) is 4.68 Å². The lowest BCUT2D eigenvalue weighted by Crippen LogP contribution is -2.07. The minimum Gasteiger partial charge on any atom is -0.377 e. The smallest absolute Gasteiger partial charge is 0.143 e. The number of hydrogen-bond donors (Lipinski definition) is 1. The number of halogens is 1. The van der Waals surface area contributed by atoms with Crippen molar-refractivity contribution in [3.63, 3.8) is 0 Å². The van der Waals surface area contributed by atoms with Crippen molar-refractivity contribution in [3.05, 3.63) is 65.4 Å². The van der Waals surface area contributed by atoms with E-state index in [9.17, 15) is 0 Å². The monoisotopic (exact) mass is 299 g/mol. The first-order valence-corrected chi connectivity index (χ1v) is 6.96. The van der Waals surface area contributed by atoms with E-state index in [1.165, 1.54) is 0 Å². The van der Waals surface area contributed by atoms with Crippen molar-refractivity contribution in [1.82, 2.24) is 20.2 Å². The zero-order valence-electron chi connectivity index (χ0n) is 11.4. The van der Waals surface area contributed by atoms with E-state index in [2.05, 4.69) is 33.8 Å². The Bertz CT molecular complexity index is 726. The fourth-order valence-electron chi connectivity index (χ4n) is 2.11. The molecule has 106 valence electrons. The van der Waals surface area contributed by atoms with Gasteiger partial charge in [-0.3, -0.25) is 0 Å². The predicted molar refractivity (Wildman–Crippen MR) is 82.6 cm³/mol. The van der Waals surface area contributed by atoms with Gasteiger partial charge in [0.25, 0.3) is 0 Å². The molecule has 0 spiro atoms. The average Bonchev–Trinajstić information content (AvgIpc) is 3.04. The fourth-order valence-corrected chi connectivity index (χ4v) is 2.30. The van der Waals surface area contributed by atoms with Gasteiger partial charge in [0.15, 0.2) is 0 Å². The number of para-hydroxylation sites is 1. The van der Waals surface area contributed by atoms with Crippen molar-refractivity contribution in [2.75, 3.05) is 5.32 Å². The van der Waals surface area contributed by atoms with Crippen molar-refractivity contribution < 1.29 is 0 Å². The Balaban J connectivity index is 1.84. The maximum absolute atomic E-state index is 6.18. The van der Waals surface area contributed by atoms with Crippen molar-refractivity contribution in [1.29, 1.82) is 0 Å². The highest BCUT2D eigenvalue weighted by atomic mass is 35.5. The van der Waals surface area contributed by atoms with Crippen LogP contribution in [-0.4, -0.2) is 20.2 Å². The number of hydrogen-bond acceptors (Lipinski definition) is 4. The Morgan fingerprint density at radius 3 is 2.76 bits per heavy atom. The van der Waals surface area contributed by atoms with E-state index in [1.54, 1.807) is 11.0 Å². The Hall–Kier alpha value is -2.40. The van der Waals surface area contributed by atoms with Gasteiger partial charge >= 0.3 is 0 Å². The minimum atomic E-state index is 0.112. The molecule has 6 heteroatoms. The lowest BCUT2D eigenvalue weighted by atomic mass is 10.1. The van der Waals surface area contributed by atoms with E-state index in [-0.39, 0.29) is 6.04 Å². The molecule has 0 aliphatic carbocycles. The van der Waals surface area contributed by atoms with Crippen LogP contribution < -0.4 is 5.32 Å². The second-order valence-electron chi connectivity index (χ2n) is 4.70. The molecule has 0 radical (unpaired) electrons. The molecule has 2 aromatic carbocycles. The first-order valence-electron chi connectivity index (χ1n) is 6.58. The highest BCUT2D eigenvalue weighted by Crippen LogP contribution is 2.26. The molecule has 1 heterocycles. The van der Waals surface area contributed by atoms with Gasteiger partial charge in [-0.15, -0.1) is 5.10 Å². The first-order chi connectivity index (χ1) is 10.2. The second kappa shape index (κ2) is 5.93. The molecule has 0 saturated carbocycles. The van der Waals surface area contributed by atoms with Gasteiger partial charge in [0, 0.05) is 6.04 Å². The molecular formula is C15H14ClN5. The molecule has 3 aromatic rings. The first kappa shape index (κ1) is 13.6. The van der Waals surface area contributed by atoms with Gasteiger partial charge in [0.1, 0.15) is 6.33 Å². The van der Waals surface area contributed by atoms with Crippen LogP contribution in [0.3, 0.4) is 0 Å². The molecule has 1 unspecified atom stereocenters. The van der Waals surface area contributed by atoms with Crippen LogP contribution in [0.25, 0.3) is 5.69 Å².